The Morgan fingerprint density at radius 2 is 2.28 bits per heavy atom. The molecule has 0 fully saturated rings. The maximum Gasteiger partial charge on any atom is 0.222 e. The molecule has 3 N–H and O–H groups in total. The molecule has 0 saturated heterocycles. The summed E-state index contributed by atoms with van der Waals surface area (Å²) in [6.07, 6.45) is 1.04. The van der Waals surface area contributed by atoms with E-state index in [2.05, 4.69) is 15.3 Å². The van der Waals surface area contributed by atoms with Crippen LogP contribution in [0.4, 0.5) is 16.2 Å². The highest BCUT2D eigenvalue weighted by atomic mass is 19.1. The smallest absolute Gasteiger partial charge is 0.222 e. The third-order valence-electron chi connectivity index (χ3n) is 2.36. The predicted octanol–water partition coefficient (Wildman–Crippen LogP) is 1.82. The van der Waals surface area contributed by atoms with Gasteiger partial charge in [0.2, 0.25) is 5.95 Å². The summed E-state index contributed by atoms with van der Waals surface area (Å²) in [6.45, 7) is 0.421. The second kappa shape index (κ2) is 5.31. The van der Waals surface area contributed by atoms with Gasteiger partial charge in [-0.2, -0.15) is 4.98 Å². The first-order valence-electron chi connectivity index (χ1n) is 5.34. The van der Waals surface area contributed by atoms with E-state index in [-0.39, 0.29) is 11.8 Å². The molecule has 0 spiro atoms. The minimum atomic E-state index is -0.535. The molecule has 1 aromatic heterocycles. The normalized spacial score (nSPS) is 10.1. The molecule has 0 aliphatic heterocycles. The lowest BCUT2D eigenvalue weighted by molar-refractivity contribution is 0.414. The lowest BCUT2D eigenvalue weighted by Gasteiger charge is -2.08. The van der Waals surface area contributed by atoms with Crippen LogP contribution in [0.2, 0.25) is 0 Å². The zero-order valence-electron chi connectivity index (χ0n) is 9.85. The lowest BCUT2D eigenvalue weighted by atomic mass is 10.2. The number of benzene rings is 1. The minimum Gasteiger partial charge on any atom is -0.497 e. The fourth-order valence-corrected chi connectivity index (χ4v) is 1.47. The number of anilines is 2. The summed E-state index contributed by atoms with van der Waals surface area (Å²) >= 11 is 0. The van der Waals surface area contributed by atoms with Crippen molar-refractivity contribution in [2.45, 2.75) is 6.54 Å². The summed E-state index contributed by atoms with van der Waals surface area (Å²) in [6, 6.07) is 7.46. The molecule has 0 atom stereocenters. The van der Waals surface area contributed by atoms with Crippen molar-refractivity contribution in [3.8, 4) is 5.75 Å². The number of nitrogens with zero attached hydrogens (tertiary/aromatic N) is 2. The molecule has 5 nitrogen and oxygen atoms in total. The molecule has 0 amide bonds. The van der Waals surface area contributed by atoms with E-state index in [9.17, 15) is 4.39 Å². The van der Waals surface area contributed by atoms with Gasteiger partial charge in [-0.05, 0) is 17.7 Å². The van der Waals surface area contributed by atoms with Crippen molar-refractivity contribution in [3.05, 3.63) is 41.8 Å². The molecule has 94 valence electrons. The first-order chi connectivity index (χ1) is 8.69. The minimum absolute atomic E-state index is 0.0320. The fraction of sp³-hybridized carbons (Fsp3) is 0.167. The number of aromatic nitrogens is 2. The molecule has 18 heavy (non-hydrogen) atoms. The average Bonchev–Trinajstić information content (AvgIpc) is 2.40. The van der Waals surface area contributed by atoms with Gasteiger partial charge < -0.3 is 15.8 Å². The van der Waals surface area contributed by atoms with E-state index in [0.717, 1.165) is 17.5 Å². The summed E-state index contributed by atoms with van der Waals surface area (Å²) in [5, 5.41) is 2.86. The van der Waals surface area contributed by atoms with Gasteiger partial charge in [0.25, 0.3) is 0 Å². The van der Waals surface area contributed by atoms with Crippen molar-refractivity contribution in [1.29, 1.82) is 0 Å². The average molecular weight is 248 g/mol. The molecule has 0 radical (unpaired) electrons. The number of nitrogen functional groups attached to an aromatic ring is 1. The third-order valence-corrected chi connectivity index (χ3v) is 2.36. The van der Waals surface area contributed by atoms with Gasteiger partial charge in [0, 0.05) is 6.54 Å². The van der Waals surface area contributed by atoms with Crippen molar-refractivity contribution in [1.82, 2.24) is 9.97 Å². The Balaban J connectivity index is 2.08. The standard InChI is InChI=1S/C12H13FN4O/c1-18-9-4-2-3-8(5-9)6-15-11-10(13)7-16-12(14)17-11/h2-5,7H,6H2,1H3,(H3,14,15,16,17). The van der Waals surface area contributed by atoms with Crippen LogP contribution in [0.25, 0.3) is 0 Å². The molecule has 6 heteroatoms. The number of hydrogen-bond donors (Lipinski definition) is 2. The van der Waals surface area contributed by atoms with E-state index in [1.165, 1.54) is 0 Å². The summed E-state index contributed by atoms with van der Waals surface area (Å²) < 4.78 is 18.5. The van der Waals surface area contributed by atoms with Crippen LogP contribution in [0.1, 0.15) is 5.56 Å². The highest BCUT2D eigenvalue weighted by Crippen LogP contribution is 2.15. The van der Waals surface area contributed by atoms with Crippen LogP contribution in [0, 0.1) is 5.82 Å². The van der Waals surface area contributed by atoms with Gasteiger partial charge in [-0.25, -0.2) is 9.37 Å². The maximum atomic E-state index is 13.4. The summed E-state index contributed by atoms with van der Waals surface area (Å²) in [4.78, 5) is 7.33. The molecule has 1 heterocycles. The largest absolute Gasteiger partial charge is 0.497 e. The van der Waals surface area contributed by atoms with Crippen molar-refractivity contribution in [3.63, 3.8) is 0 Å². The van der Waals surface area contributed by atoms with Crippen LogP contribution >= 0.6 is 0 Å². The Hall–Kier alpha value is -2.37. The molecular formula is C12H13FN4O. The molecule has 0 bridgehead atoms. The third kappa shape index (κ3) is 2.85. The van der Waals surface area contributed by atoms with E-state index < -0.39 is 5.82 Å². The molecule has 0 aliphatic carbocycles. The maximum absolute atomic E-state index is 13.4. The quantitative estimate of drug-likeness (QED) is 0.863. The predicted molar refractivity (Wildman–Crippen MR) is 66.7 cm³/mol. The number of nitrogens with two attached hydrogens (primary N) is 1. The number of ether oxygens (including phenoxy) is 1. The SMILES string of the molecule is COc1cccc(CNc2nc(N)ncc2F)c1. The van der Waals surface area contributed by atoms with Crippen molar-refractivity contribution >= 4 is 11.8 Å². The van der Waals surface area contributed by atoms with Gasteiger partial charge in [0.05, 0.1) is 13.3 Å². The molecule has 0 saturated carbocycles. The van der Waals surface area contributed by atoms with Gasteiger partial charge >= 0.3 is 0 Å². The number of nitrogens with one attached hydrogen (secondary N) is 1. The van der Waals surface area contributed by atoms with E-state index in [1.807, 2.05) is 24.3 Å². The van der Waals surface area contributed by atoms with Crippen LogP contribution in [0.3, 0.4) is 0 Å². The highest BCUT2D eigenvalue weighted by molar-refractivity contribution is 5.40. The molecular weight excluding hydrogens is 235 g/mol. The van der Waals surface area contributed by atoms with Crippen LogP contribution in [-0.4, -0.2) is 17.1 Å². The van der Waals surface area contributed by atoms with E-state index in [1.54, 1.807) is 7.11 Å². The fourth-order valence-electron chi connectivity index (χ4n) is 1.47. The van der Waals surface area contributed by atoms with Crippen LogP contribution in [0.15, 0.2) is 30.5 Å². The lowest BCUT2D eigenvalue weighted by Crippen LogP contribution is -2.06. The van der Waals surface area contributed by atoms with Crippen molar-refractivity contribution < 1.29 is 9.13 Å². The molecule has 2 rings (SSSR count). The number of methoxy groups -OCH3 is 1. The zero-order valence-corrected chi connectivity index (χ0v) is 9.85. The number of rotatable bonds is 4. The molecule has 0 unspecified atom stereocenters. The van der Waals surface area contributed by atoms with Crippen molar-refractivity contribution in [2.75, 3.05) is 18.2 Å². The highest BCUT2D eigenvalue weighted by Gasteiger charge is 2.05. The van der Waals surface area contributed by atoms with E-state index in [0.29, 0.717) is 6.54 Å². The van der Waals surface area contributed by atoms with Gasteiger partial charge in [-0.1, -0.05) is 12.1 Å². The second-order valence-corrected chi connectivity index (χ2v) is 3.63. The number of halogens is 1. The van der Waals surface area contributed by atoms with Gasteiger partial charge in [0.15, 0.2) is 11.6 Å². The first kappa shape index (κ1) is 12.1. The summed E-state index contributed by atoms with van der Waals surface area (Å²) in [5.41, 5.74) is 6.34. The van der Waals surface area contributed by atoms with Crippen LogP contribution in [-0.2, 0) is 6.54 Å². The summed E-state index contributed by atoms with van der Waals surface area (Å²) in [7, 11) is 1.59. The molecule has 2 aromatic rings. The summed E-state index contributed by atoms with van der Waals surface area (Å²) in [5.74, 6) is 0.332. The molecule has 0 aliphatic rings. The van der Waals surface area contributed by atoms with Crippen LogP contribution < -0.4 is 15.8 Å². The Bertz CT molecular complexity index is 547. The Morgan fingerprint density at radius 3 is 3.06 bits per heavy atom. The molecule has 1 aromatic carbocycles. The monoisotopic (exact) mass is 248 g/mol. The van der Waals surface area contributed by atoms with Crippen LogP contribution in [0.5, 0.6) is 5.75 Å². The van der Waals surface area contributed by atoms with Crippen molar-refractivity contribution in [2.24, 2.45) is 0 Å². The van der Waals surface area contributed by atoms with Gasteiger partial charge in [-0.15, -0.1) is 0 Å². The van der Waals surface area contributed by atoms with Gasteiger partial charge in [-0.3, -0.25) is 0 Å². The zero-order chi connectivity index (χ0) is 13.0. The Kier molecular flexibility index (Phi) is 3.57. The van der Waals surface area contributed by atoms with E-state index >= 15 is 0 Å². The Labute approximate surface area is 104 Å². The number of hydrogen-bond acceptors (Lipinski definition) is 5. The van der Waals surface area contributed by atoms with E-state index in [4.69, 9.17) is 10.5 Å². The topological polar surface area (TPSA) is 73.1 Å². The first-order valence-corrected chi connectivity index (χ1v) is 5.34. The van der Waals surface area contributed by atoms with Gasteiger partial charge in [0.1, 0.15) is 5.75 Å². The second-order valence-electron chi connectivity index (χ2n) is 3.63. The Morgan fingerprint density at radius 1 is 1.44 bits per heavy atom.